The van der Waals surface area contributed by atoms with Gasteiger partial charge in [0.15, 0.2) is 11.5 Å². The lowest BCUT2D eigenvalue weighted by Crippen LogP contribution is -2.28. The zero-order chi connectivity index (χ0) is 25.5. The van der Waals surface area contributed by atoms with Gasteiger partial charge in [-0.25, -0.2) is 8.78 Å². The number of rotatable bonds is 11. The van der Waals surface area contributed by atoms with Gasteiger partial charge in [-0.2, -0.15) is 0 Å². The molecule has 0 aromatic heterocycles. The number of nitrogens with zero attached hydrogens (tertiary/aromatic N) is 1. The monoisotopic (exact) mass is 497 g/mol. The van der Waals surface area contributed by atoms with E-state index in [4.69, 9.17) is 18.9 Å². The van der Waals surface area contributed by atoms with Crippen molar-refractivity contribution in [1.29, 1.82) is 0 Å². The molecule has 192 valence electrons. The molecule has 1 unspecified atom stereocenters. The molecule has 1 aliphatic heterocycles. The molecule has 0 saturated carbocycles. The van der Waals surface area contributed by atoms with Crippen LogP contribution in [0.4, 0.5) is 8.78 Å². The molecule has 3 aromatic rings. The van der Waals surface area contributed by atoms with Crippen LogP contribution in [0.2, 0.25) is 0 Å². The van der Waals surface area contributed by atoms with Crippen LogP contribution in [0.15, 0.2) is 60.7 Å². The van der Waals surface area contributed by atoms with Gasteiger partial charge in [-0.05, 0) is 78.5 Å². The van der Waals surface area contributed by atoms with Crippen molar-refractivity contribution in [3.8, 4) is 11.5 Å². The van der Waals surface area contributed by atoms with Gasteiger partial charge in [-0.3, -0.25) is 0 Å². The minimum Gasteiger partial charge on any atom is -0.493 e. The van der Waals surface area contributed by atoms with Crippen molar-refractivity contribution in [2.45, 2.75) is 25.0 Å². The lowest BCUT2D eigenvalue weighted by Gasteiger charge is -2.29. The third kappa shape index (κ3) is 6.40. The Morgan fingerprint density at radius 3 is 2.06 bits per heavy atom. The van der Waals surface area contributed by atoms with Gasteiger partial charge in [-0.1, -0.05) is 24.3 Å². The first-order valence-corrected chi connectivity index (χ1v) is 12.2. The van der Waals surface area contributed by atoms with E-state index in [-0.39, 0.29) is 17.7 Å². The van der Waals surface area contributed by atoms with E-state index in [0.29, 0.717) is 25.5 Å². The molecule has 3 aromatic carbocycles. The summed E-state index contributed by atoms with van der Waals surface area (Å²) in [6.07, 6.45) is 1.27. The van der Waals surface area contributed by atoms with Crippen LogP contribution in [0.5, 0.6) is 11.5 Å². The summed E-state index contributed by atoms with van der Waals surface area (Å²) in [5.74, 6) is 0.835. The van der Waals surface area contributed by atoms with Crippen LogP contribution in [-0.4, -0.2) is 52.5 Å². The minimum absolute atomic E-state index is 0.0110. The molecule has 0 aliphatic carbocycles. The van der Waals surface area contributed by atoms with Crippen molar-refractivity contribution in [2.24, 2.45) is 0 Å². The molecule has 0 N–H and O–H groups in total. The molecular formula is C29H33F2NO4. The van der Waals surface area contributed by atoms with Crippen LogP contribution < -0.4 is 9.47 Å². The summed E-state index contributed by atoms with van der Waals surface area (Å²) in [5.41, 5.74) is 4.03. The maximum absolute atomic E-state index is 13.5. The normalized spacial score (nSPS) is 15.2. The Bertz CT molecular complexity index is 1080. The fourth-order valence-corrected chi connectivity index (χ4v) is 4.53. The van der Waals surface area contributed by atoms with Crippen LogP contribution in [-0.2, 0) is 15.9 Å². The minimum atomic E-state index is -0.407. The molecule has 7 heteroatoms. The SMILES string of the molecule is COc1cc2c(cc1OC)C(CCN(C)CCOC(c1ccc(F)cc1)c1ccc(F)cc1)OCC2. The summed E-state index contributed by atoms with van der Waals surface area (Å²) >= 11 is 0. The first kappa shape index (κ1) is 26.1. The first-order chi connectivity index (χ1) is 17.5. The summed E-state index contributed by atoms with van der Waals surface area (Å²) in [7, 11) is 5.34. The maximum atomic E-state index is 13.5. The van der Waals surface area contributed by atoms with Crippen LogP contribution in [0.3, 0.4) is 0 Å². The smallest absolute Gasteiger partial charge is 0.161 e. The Morgan fingerprint density at radius 1 is 0.889 bits per heavy atom. The van der Waals surface area contributed by atoms with E-state index in [0.717, 1.165) is 41.8 Å². The van der Waals surface area contributed by atoms with Gasteiger partial charge >= 0.3 is 0 Å². The largest absolute Gasteiger partial charge is 0.493 e. The topological polar surface area (TPSA) is 40.2 Å². The zero-order valence-corrected chi connectivity index (χ0v) is 21.0. The van der Waals surface area contributed by atoms with Crippen molar-refractivity contribution < 1.29 is 27.7 Å². The highest BCUT2D eigenvalue weighted by molar-refractivity contribution is 5.49. The van der Waals surface area contributed by atoms with Crippen molar-refractivity contribution in [3.63, 3.8) is 0 Å². The number of hydrogen-bond donors (Lipinski definition) is 0. The number of benzene rings is 3. The predicted molar refractivity (Wildman–Crippen MR) is 135 cm³/mol. The third-order valence-corrected chi connectivity index (χ3v) is 6.56. The van der Waals surface area contributed by atoms with Crippen LogP contribution in [0.25, 0.3) is 0 Å². The molecule has 5 nitrogen and oxygen atoms in total. The lowest BCUT2D eigenvalue weighted by atomic mass is 9.95. The Labute approximate surface area is 211 Å². The van der Waals surface area contributed by atoms with Gasteiger partial charge in [0, 0.05) is 13.1 Å². The number of hydrogen-bond acceptors (Lipinski definition) is 5. The summed E-state index contributed by atoms with van der Waals surface area (Å²) in [6, 6.07) is 16.5. The molecular weight excluding hydrogens is 464 g/mol. The van der Waals surface area contributed by atoms with Crippen molar-refractivity contribution in [3.05, 3.63) is 94.6 Å². The molecule has 0 radical (unpaired) electrons. The quantitative estimate of drug-likeness (QED) is 0.339. The molecule has 1 atom stereocenters. The van der Waals surface area contributed by atoms with Crippen molar-refractivity contribution in [2.75, 3.05) is 47.6 Å². The van der Waals surface area contributed by atoms with E-state index >= 15 is 0 Å². The predicted octanol–water partition coefficient (Wildman–Crippen LogP) is 5.72. The number of likely N-dealkylation sites (N-methyl/N-ethyl adjacent to an activating group) is 1. The molecule has 4 rings (SSSR count). The van der Waals surface area contributed by atoms with E-state index in [1.807, 2.05) is 19.2 Å². The molecule has 0 bridgehead atoms. The van der Waals surface area contributed by atoms with Crippen LogP contribution in [0.1, 0.15) is 40.9 Å². The molecule has 1 heterocycles. The lowest BCUT2D eigenvalue weighted by molar-refractivity contribution is 0.0253. The highest BCUT2D eigenvalue weighted by Gasteiger charge is 2.24. The Balaban J connectivity index is 1.35. The molecule has 1 aliphatic rings. The molecule has 36 heavy (non-hydrogen) atoms. The van der Waals surface area contributed by atoms with Gasteiger partial charge in [0.1, 0.15) is 17.7 Å². The number of fused-ring (bicyclic) bond motifs is 1. The zero-order valence-electron chi connectivity index (χ0n) is 21.0. The summed E-state index contributed by atoms with van der Waals surface area (Å²) in [6.45, 7) is 2.66. The fraction of sp³-hybridized carbons (Fsp3) is 0.379. The van der Waals surface area contributed by atoms with E-state index in [1.54, 1.807) is 38.5 Å². The van der Waals surface area contributed by atoms with Crippen molar-refractivity contribution in [1.82, 2.24) is 4.90 Å². The third-order valence-electron chi connectivity index (χ3n) is 6.56. The molecule has 0 saturated heterocycles. The highest BCUT2D eigenvalue weighted by Crippen LogP contribution is 2.38. The van der Waals surface area contributed by atoms with Crippen LogP contribution >= 0.6 is 0 Å². The fourth-order valence-electron chi connectivity index (χ4n) is 4.53. The van der Waals surface area contributed by atoms with Crippen molar-refractivity contribution >= 4 is 0 Å². The number of ether oxygens (including phenoxy) is 4. The molecule has 0 fully saturated rings. The van der Waals surface area contributed by atoms with Gasteiger partial charge in [-0.15, -0.1) is 0 Å². The van der Waals surface area contributed by atoms with Gasteiger partial charge in [0.2, 0.25) is 0 Å². The molecule has 0 amide bonds. The van der Waals surface area contributed by atoms with E-state index in [2.05, 4.69) is 4.90 Å². The van der Waals surface area contributed by atoms with E-state index < -0.39 is 6.10 Å². The molecule has 0 spiro atoms. The van der Waals surface area contributed by atoms with Crippen LogP contribution in [0, 0.1) is 11.6 Å². The first-order valence-electron chi connectivity index (χ1n) is 12.2. The second kappa shape index (κ2) is 12.3. The Kier molecular flexibility index (Phi) is 8.91. The second-order valence-corrected chi connectivity index (χ2v) is 8.96. The van der Waals surface area contributed by atoms with Gasteiger partial charge in [0.05, 0.1) is 33.5 Å². The average Bonchev–Trinajstić information content (AvgIpc) is 2.90. The summed E-state index contributed by atoms with van der Waals surface area (Å²) < 4.78 is 50.2. The van der Waals surface area contributed by atoms with Gasteiger partial charge < -0.3 is 23.8 Å². The standard InChI is InChI=1S/C29H33F2NO4/c1-32(14-12-26-25-19-28(34-3)27(33-2)18-22(25)13-16-35-26)15-17-36-29(20-4-8-23(30)9-5-20)21-6-10-24(31)11-7-21/h4-11,18-19,26,29H,12-17H2,1-3H3. The Hall–Kier alpha value is -3.00. The maximum Gasteiger partial charge on any atom is 0.161 e. The second-order valence-electron chi connectivity index (χ2n) is 8.96. The van der Waals surface area contributed by atoms with Gasteiger partial charge in [0.25, 0.3) is 0 Å². The number of halogens is 2. The summed E-state index contributed by atoms with van der Waals surface area (Å²) in [4.78, 5) is 2.20. The Morgan fingerprint density at radius 2 is 1.47 bits per heavy atom. The highest BCUT2D eigenvalue weighted by atomic mass is 19.1. The average molecular weight is 498 g/mol. The van der Waals surface area contributed by atoms with E-state index in [1.165, 1.54) is 29.8 Å². The van der Waals surface area contributed by atoms with E-state index in [9.17, 15) is 8.78 Å². The summed E-state index contributed by atoms with van der Waals surface area (Å²) in [5, 5.41) is 0. The number of methoxy groups -OCH3 is 2.